The van der Waals surface area contributed by atoms with Crippen molar-refractivity contribution in [2.45, 2.75) is 45.6 Å². The number of halogens is 1. The molecule has 0 atom stereocenters. The number of furan rings is 1. The Morgan fingerprint density at radius 3 is 2.43 bits per heavy atom. The van der Waals surface area contributed by atoms with Gasteiger partial charge >= 0.3 is 0 Å². The van der Waals surface area contributed by atoms with Gasteiger partial charge in [-0.15, -0.1) is 12.4 Å². The van der Waals surface area contributed by atoms with Crippen LogP contribution >= 0.6 is 12.4 Å². The smallest absolute Gasteiger partial charge is 0.294 e. The topological polar surface area (TPSA) is 78.1 Å². The van der Waals surface area contributed by atoms with Crippen molar-refractivity contribution in [3.05, 3.63) is 34.6 Å². The minimum Gasteiger partial charge on any atom is -0.450 e. The highest BCUT2D eigenvalue weighted by molar-refractivity contribution is 5.91. The second kappa shape index (κ2) is 5.35. The summed E-state index contributed by atoms with van der Waals surface area (Å²) in [6.07, 6.45) is 2.93. The summed E-state index contributed by atoms with van der Waals surface area (Å²) in [6.45, 7) is 6.15. The van der Waals surface area contributed by atoms with Crippen LogP contribution in [0.25, 0.3) is 22.6 Å². The third-order valence-electron chi connectivity index (χ3n) is 4.79. The van der Waals surface area contributed by atoms with E-state index in [0.717, 1.165) is 41.4 Å². The predicted molar refractivity (Wildman–Crippen MR) is 90.7 cm³/mol. The molecule has 1 aliphatic carbocycles. The maximum atomic E-state index is 6.26. The fraction of sp³-hybridized carbons (Fsp3) is 0.412. The van der Waals surface area contributed by atoms with Crippen molar-refractivity contribution in [1.29, 1.82) is 0 Å². The van der Waals surface area contributed by atoms with Gasteiger partial charge in [0, 0.05) is 10.9 Å². The van der Waals surface area contributed by atoms with Gasteiger partial charge in [0.25, 0.3) is 5.89 Å². The second-order valence-electron chi connectivity index (χ2n) is 6.39. The van der Waals surface area contributed by atoms with Gasteiger partial charge in [-0.2, -0.15) is 4.98 Å². The molecule has 0 saturated heterocycles. The third kappa shape index (κ3) is 2.26. The molecule has 23 heavy (non-hydrogen) atoms. The average Bonchev–Trinajstić information content (AvgIpc) is 3.06. The molecule has 4 rings (SSSR count). The first-order valence-corrected chi connectivity index (χ1v) is 7.62. The molecule has 1 saturated carbocycles. The van der Waals surface area contributed by atoms with E-state index < -0.39 is 5.54 Å². The van der Waals surface area contributed by atoms with E-state index in [0.29, 0.717) is 17.5 Å². The number of nitrogens with two attached hydrogens (primary N) is 1. The molecule has 3 aromatic rings. The number of hydrogen-bond acceptors (Lipinski definition) is 5. The summed E-state index contributed by atoms with van der Waals surface area (Å²) in [7, 11) is 0. The van der Waals surface area contributed by atoms with Gasteiger partial charge in [-0.05, 0) is 51.2 Å². The molecule has 1 aliphatic rings. The van der Waals surface area contributed by atoms with Gasteiger partial charge in [0.1, 0.15) is 5.58 Å². The van der Waals surface area contributed by atoms with E-state index in [4.69, 9.17) is 14.7 Å². The van der Waals surface area contributed by atoms with E-state index >= 15 is 0 Å². The highest BCUT2D eigenvalue weighted by atomic mass is 35.5. The molecular weight excluding hydrogens is 314 g/mol. The van der Waals surface area contributed by atoms with Crippen LogP contribution in [-0.4, -0.2) is 10.1 Å². The summed E-state index contributed by atoms with van der Waals surface area (Å²) in [4.78, 5) is 4.49. The Balaban J connectivity index is 0.00000156. The van der Waals surface area contributed by atoms with Crippen molar-refractivity contribution in [1.82, 2.24) is 10.1 Å². The molecule has 5 nitrogen and oxygen atoms in total. The van der Waals surface area contributed by atoms with Gasteiger partial charge < -0.3 is 14.7 Å². The van der Waals surface area contributed by atoms with E-state index in [1.165, 1.54) is 5.56 Å². The normalized spacial score (nSPS) is 16.2. The zero-order chi connectivity index (χ0) is 15.5. The highest BCUT2D eigenvalue weighted by Crippen LogP contribution is 2.39. The Morgan fingerprint density at radius 2 is 1.83 bits per heavy atom. The van der Waals surface area contributed by atoms with Gasteiger partial charge in [0.05, 0.1) is 5.54 Å². The third-order valence-corrected chi connectivity index (χ3v) is 4.79. The van der Waals surface area contributed by atoms with Crippen LogP contribution in [0.5, 0.6) is 0 Å². The van der Waals surface area contributed by atoms with Crippen molar-refractivity contribution in [3.63, 3.8) is 0 Å². The van der Waals surface area contributed by atoms with Crippen molar-refractivity contribution in [2.75, 3.05) is 0 Å². The summed E-state index contributed by atoms with van der Waals surface area (Å²) in [6, 6.07) is 4.17. The monoisotopic (exact) mass is 333 g/mol. The molecule has 0 unspecified atom stereocenters. The molecule has 1 fully saturated rings. The zero-order valence-corrected chi connectivity index (χ0v) is 14.3. The Morgan fingerprint density at radius 1 is 1.13 bits per heavy atom. The molecule has 0 radical (unpaired) electrons. The molecule has 0 spiro atoms. The van der Waals surface area contributed by atoms with Crippen molar-refractivity contribution < 1.29 is 8.94 Å². The number of hydrogen-bond donors (Lipinski definition) is 1. The van der Waals surface area contributed by atoms with Gasteiger partial charge in [0.2, 0.25) is 0 Å². The summed E-state index contributed by atoms with van der Waals surface area (Å²) in [5, 5.41) is 5.20. The quantitative estimate of drug-likeness (QED) is 0.761. The lowest BCUT2D eigenvalue weighted by molar-refractivity contribution is 0.229. The number of fused-ring (bicyclic) bond motifs is 1. The molecule has 122 valence electrons. The molecule has 0 aliphatic heterocycles. The molecule has 0 bridgehead atoms. The number of nitrogens with zero attached hydrogens (tertiary/aromatic N) is 2. The van der Waals surface area contributed by atoms with Crippen LogP contribution in [0, 0.1) is 20.8 Å². The fourth-order valence-electron chi connectivity index (χ4n) is 3.18. The molecule has 2 aromatic heterocycles. The molecule has 6 heteroatoms. The van der Waals surface area contributed by atoms with E-state index in [1.54, 1.807) is 0 Å². The molecule has 2 N–H and O–H groups in total. The lowest BCUT2D eigenvalue weighted by Gasteiger charge is -2.34. The number of rotatable bonds is 2. The van der Waals surface area contributed by atoms with Crippen LogP contribution in [0.2, 0.25) is 0 Å². The largest absolute Gasteiger partial charge is 0.450 e. The molecular formula is C17H20ClN3O2. The van der Waals surface area contributed by atoms with E-state index in [-0.39, 0.29) is 12.4 Å². The number of benzene rings is 1. The Bertz CT molecular complexity index is 877. The maximum Gasteiger partial charge on any atom is 0.294 e. The maximum absolute atomic E-state index is 6.26. The number of aromatic nitrogens is 2. The summed E-state index contributed by atoms with van der Waals surface area (Å²) in [5.41, 5.74) is 10.0. The standard InChI is InChI=1S/C17H19N3O2.ClH/c1-9-5-6-10(2)13-12(9)11(3)14(21-13)15-19-16(20-22-15)17(18)7-4-8-17;/h5-6H,4,7-8,18H2,1-3H3;1H. The van der Waals surface area contributed by atoms with Gasteiger partial charge in [-0.3, -0.25) is 0 Å². The lowest BCUT2D eigenvalue weighted by atomic mass is 9.77. The Labute approximate surface area is 140 Å². The zero-order valence-electron chi connectivity index (χ0n) is 13.5. The van der Waals surface area contributed by atoms with Crippen molar-refractivity contribution >= 4 is 23.4 Å². The van der Waals surface area contributed by atoms with Crippen molar-refractivity contribution in [2.24, 2.45) is 5.73 Å². The summed E-state index contributed by atoms with van der Waals surface area (Å²) in [5.74, 6) is 1.65. The fourth-order valence-corrected chi connectivity index (χ4v) is 3.18. The van der Waals surface area contributed by atoms with E-state index in [9.17, 15) is 0 Å². The highest BCUT2D eigenvalue weighted by Gasteiger charge is 2.39. The predicted octanol–water partition coefficient (Wildman–Crippen LogP) is 4.17. The summed E-state index contributed by atoms with van der Waals surface area (Å²) < 4.78 is 11.5. The van der Waals surface area contributed by atoms with Crippen molar-refractivity contribution in [3.8, 4) is 11.7 Å². The lowest BCUT2D eigenvalue weighted by Crippen LogP contribution is -2.44. The Kier molecular flexibility index (Phi) is 3.73. The molecule has 2 heterocycles. The van der Waals surface area contributed by atoms with Crippen LogP contribution in [0.1, 0.15) is 41.8 Å². The minimum atomic E-state index is -0.423. The SMILES string of the molecule is Cc1ccc(C)c2c(C)c(-c3nc(C4(N)CCC4)no3)oc12.Cl. The van der Waals surface area contributed by atoms with Gasteiger partial charge in [0.15, 0.2) is 11.6 Å². The summed E-state index contributed by atoms with van der Waals surface area (Å²) >= 11 is 0. The Hall–Kier alpha value is -1.85. The number of aryl methyl sites for hydroxylation is 3. The van der Waals surface area contributed by atoms with Crippen LogP contribution in [0.15, 0.2) is 21.1 Å². The minimum absolute atomic E-state index is 0. The van der Waals surface area contributed by atoms with Gasteiger partial charge in [-0.1, -0.05) is 17.3 Å². The van der Waals surface area contributed by atoms with Crippen LogP contribution in [0.3, 0.4) is 0 Å². The van der Waals surface area contributed by atoms with Crippen LogP contribution in [0.4, 0.5) is 0 Å². The first-order valence-electron chi connectivity index (χ1n) is 7.62. The van der Waals surface area contributed by atoms with E-state index in [1.807, 2.05) is 13.8 Å². The first-order chi connectivity index (χ1) is 10.5. The van der Waals surface area contributed by atoms with Gasteiger partial charge in [-0.25, -0.2) is 0 Å². The second-order valence-corrected chi connectivity index (χ2v) is 6.39. The molecule has 0 amide bonds. The molecule has 1 aromatic carbocycles. The average molecular weight is 334 g/mol. The first kappa shape index (κ1) is 16.0. The van der Waals surface area contributed by atoms with Crippen LogP contribution in [-0.2, 0) is 5.54 Å². The van der Waals surface area contributed by atoms with Crippen LogP contribution < -0.4 is 5.73 Å². The van der Waals surface area contributed by atoms with E-state index in [2.05, 4.69) is 29.2 Å².